The van der Waals surface area contributed by atoms with Gasteiger partial charge < -0.3 is 15.5 Å². The molecule has 0 bridgehead atoms. The van der Waals surface area contributed by atoms with Crippen LogP contribution in [0.2, 0.25) is 0 Å². The van der Waals surface area contributed by atoms with Crippen molar-refractivity contribution in [3.8, 4) is 0 Å². The van der Waals surface area contributed by atoms with Gasteiger partial charge in [-0.25, -0.2) is 4.79 Å². The van der Waals surface area contributed by atoms with E-state index in [0.717, 1.165) is 5.69 Å². The Morgan fingerprint density at radius 1 is 1.25 bits per heavy atom. The van der Waals surface area contributed by atoms with Crippen molar-refractivity contribution in [3.63, 3.8) is 0 Å². The van der Waals surface area contributed by atoms with Gasteiger partial charge in [0.25, 0.3) is 0 Å². The summed E-state index contributed by atoms with van der Waals surface area (Å²) in [6.07, 6.45) is 5.62. The summed E-state index contributed by atoms with van der Waals surface area (Å²) in [5.41, 5.74) is 1.43. The summed E-state index contributed by atoms with van der Waals surface area (Å²) in [6, 6.07) is 2.70. The third-order valence-electron chi connectivity index (χ3n) is 4.18. The second-order valence-electron chi connectivity index (χ2n) is 5.70. The summed E-state index contributed by atoms with van der Waals surface area (Å²) >= 11 is 0. The number of likely N-dealkylation sites (N-methyl/N-ethyl adjacent to an activating group) is 1. The highest BCUT2D eigenvalue weighted by Gasteiger charge is 2.37. The lowest BCUT2D eigenvalue weighted by atomic mass is 9.93. The molecule has 3 rings (SSSR count). The number of aryl methyl sites for hydroxylation is 1. The predicted molar refractivity (Wildman–Crippen MR) is 85.9 cm³/mol. The van der Waals surface area contributed by atoms with E-state index in [1.165, 1.54) is 12.4 Å². The molecule has 2 aromatic rings. The van der Waals surface area contributed by atoms with Gasteiger partial charge >= 0.3 is 6.03 Å². The van der Waals surface area contributed by atoms with E-state index in [2.05, 4.69) is 25.9 Å². The molecule has 3 heterocycles. The van der Waals surface area contributed by atoms with Crippen molar-refractivity contribution in [2.75, 3.05) is 12.4 Å². The molecule has 2 atom stereocenters. The highest BCUT2D eigenvalue weighted by atomic mass is 16.2. The first-order valence-electron chi connectivity index (χ1n) is 7.64. The van der Waals surface area contributed by atoms with Crippen molar-refractivity contribution in [1.29, 1.82) is 0 Å². The Bertz CT molecular complexity index is 730. The van der Waals surface area contributed by atoms with Crippen molar-refractivity contribution in [2.24, 2.45) is 7.05 Å². The number of piperidine rings is 1. The molecule has 0 aromatic carbocycles. The van der Waals surface area contributed by atoms with Gasteiger partial charge in [0.15, 0.2) is 0 Å². The first-order valence-corrected chi connectivity index (χ1v) is 7.64. The average Bonchev–Trinajstić information content (AvgIpc) is 2.98. The van der Waals surface area contributed by atoms with Gasteiger partial charge in [-0.3, -0.25) is 9.48 Å². The molecule has 9 heteroatoms. The molecule has 2 aromatic heterocycles. The third kappa shape index (κ3) is 3.19. The minimum atomic E-state index is -0.345. The van der Waals surface area contributed by atoms with Crippen LogP contribution in [0.1, 0.15) is 24.6 Å². The van der Waals surface area contributed by atoms with E-state index in [9.17, 15) is 9.59 Å². The molecule has 126 valence electrons. The third-order valence-corrected chi connectivity index (χ3v) is 4.18. The van der Waals surface area contributed by atoms with Crippen LogP contribution >= 0.6 is 0 Å². The summed E-state index contributed by atoms with van der Waals surface area (Å²) in [4.78, 5) is 26.0. The smallest absolute Gasteiger partial charge is 0.319 e. The van der Waals surface area contributed by atoms with Crippen LogP contribution < -0.4 is 10.6 Å². The fourth-order valence-electron chi connectivity index (χ4n) is 2.97. The molecule has 1 fully saturated rings. The first kappa shape index (κ1) is 15.9. The SMILES string of the molecule is CN1C(=O)CC[C@@H](NC(=O)Nc2ccnnc2)[C@@H]1c1ccnn1C. The molecular formula is C15H19N7O2. The molecule has 1 aliphatic rings. The lowest BCUT2D eigenvalue weighted by Gasteiger charge is -2.39. The Labute approximate surface area is 139 Å². The fourth-order valence-corrected chi connectivity index (χ4v) is 2.97. The number of hydrogen-bond donors (Lipinski definition) is 2. The van der Waals surface area contributed by atoms with E-state index < -0.39 is 0 Å². The number of nitrogens with zero attached hydrogens (tertiary/aromatic N) is 5. The summed E-state index contributed by atoms with van der Waals surface area (Å²) < 4.78 is 1.72. The largest absolute Gasteiger partial charge is 0.335 e. The van der Waals surface area contributed by atoms with E-state index in [1.54, 1.807) is 28.9 Å². The Balaban J connectivity index is 1.76. The van der Waals surface area contributed by atoms with Crippen molar-refractivity contribution >= 4 is 17.6 Å². The van der Waals surface area contributed by atoms with Gasteiger partial charge in [0, 0.05) is 26.7 Å². The number of rotatable bonds is 3. The summed E-state index contributed by atoms with van der Waals surface area (Å²) in [7, 11) is 3.57. The number of likely N-dealkylation sites (tertiary alicyclic amines) is 1. The molecule has 3 amide bonds. The van der Waals surface area contributed by atoms with Crippen LogP contribution in [-0.2, 0) is 11.8 Å². The molecule has 24 heavy (non-hydrogen) atoms. The minimum Gasteiger partial charge on any atom is -0.335 e. The number of amides is 3. The van der Waals surface area contributed by atoms with Crippen molar-refractivity contribution in [2.45, 2.75) is 24.9 Å². The molecule has 0 unspecified atom stereocenters. The number of nitrogens with one attached hydrogen (secondary N) is 2. The maximum atomic E-state index is 12.3. The van der Waals surface area contributed by atoms with Crippen molar-refractivity contribution in [3.05, 3.63) is 36.4 Å². The van der Waals surface area contributed by atoms with Crippen molar-refractivity contribution in [1.82, 2.24) is 30.2 Å². The zero-order chi connectivity index (χ0) is 17.1. The monoisotopic (exact) mass is 329 g/mol. The zero-order valence-electron chi connectivity index (χ0n) is 13.5. The Hall–Kier alpha value is -2.97. The van der Waals surface area contributed by atoms with Gasteiger partial charge in [-0.05, 0) is 18.6 Å². The highest BCUT2D eigenvalue weighted by Crippen LogP contribution is 2.30. The maximum Gasteiger partial charge on any atom is 0.319 e. The molecule has 9 nitrogen and oxygen atoms in total. The van der Waals surface area contributed by atoms with Crippen LogP contribution in [0.15, 0.2) is 30.7 Å². The van der Waals surface area contributed by atoms with Gasteiger partial charge in [-0.1, -0.05) is 0 Å². The fraction of sp³-hybridized carbons (Fsp3) is 0.400. The molecular weight excluding hydrogens is 310 g/mol. The Morgan fingerprint density at radius 2 is 2.08 bits per heavy atom. The average molecular weight is 329 g/mol. The molecule has 0 saturated carbocycles. The van der Waals surface area contributed by atoms with E-state index in [4.69, 9.17) is 0 Å². The van der Waals surface area contributed by atoms with E-state index in [1.807, 2.05) is 13.1 Å². The van der Waals surface area contributed by atoms with E-state index >= 15 is 0 Å². The zero-order valence-corrected chi connectivity index (χ0v) is 13.5. The molecule has 0 aliphatic carbocycles. The lowest BCUT2D eigenvalue weighted by molar-refractivity contribution is -0.136. The number of carbonyl (C=O) groups is 2. The second kappa shape index (κ2) is 6.65. The number of anilines is 1. The standard InChI is InChI=1S/C15H19N7O2/c1-21-13(23)4-3-11(14(21)12-6-8-18-22(12)2)20-15(24)19-10-5-7-16-17-9-10/h5-9,11,14H,3-4H2,1-2H3,(H2,16,19,20,24)/t11-,14-/m1/s1. The lowest BCUT2D eigenvalue weighted by Crippen LogP contribution is -2.52. The topological polar surface area (TPSA) is 105 Å². The van der Waals surface area contributed by atoms with Crippen LogP contribution in [-0.4, -0.2) is 49.9 Å². The summed E-state index contributed by atoms with van der Waals surface area (Å²) in [5.74, 6) is 0.0537. The number of aromatic nitrogens is 4. The van der Waals surface area contributed by atoms with Crippen LogP contribution in [0, 0.1) is 0 Å². The van der Waals surface area contributed by atoms with Gasteiger partial charge in [-0.15, -0.1) is 0 Å². The summed E-state index contributed by atoms with van der Waals surface area (Å²) in [5, 5.41) is 17.2. The molecule has 0 spiro atoms. The van der Waals surface area contributed by atoms with Crippen LogP contribution in [0.5, 0.6) is 0 Å². The van der Waals surface area contributed by atoms with Crippen LogP contribution in [0.25, 0.3) is 0 Å². The van der Waals surface area contributed by atoms with Crippen LogP contribution in [0.3, 0.4) is 0 Å². The van der Waals surface area contributed by atoms with Gasteiger partial charge in [-0.2, -0.15) is 15.3 Å². The maximum absolute atomic E-state index is 12.3. The number of hydrogen-bond acceptors (Lipinski definition) is 5. The number of urea groups is 1. The van der Waals surface area contributed by atoms with Gasteiger partial charge in [0.1, 0.15) is 0 Å². The van der Waals surface area contributed by atoms with E-state index in [0.29, 0.717) is 18.5 Å². The Morgan fingerprint density at radius 3 is 2.75 bits per heavy atom. The molecule has 0 radical (unpaired) electrons. The second-order valence-corrected chi connectivity index (χ2v) is 5.70. The van der Waals surface area contributed by atoms with Crippen LogP contribution in [0.4, 0.5) is 10.5 Å². The van der Waals surface area contributed by atoms with E-state index in [-0.39, 0.29) is 24.0 Å². The molecule has 1 saturated heterocycles. The number of carbonyl (C=O) groups excluding carboxylic acids is 2. The predicted octanol–water partition coefficient (Wildman–Crippen LogP) is 0.694. The highest BCUT2D eigenvalue weighted by molar-refractivity contribution is 5.89. The first-order chi connectivity index (χ1) is 11.6. The Kier molecular flexibility index (Phi) is 4.41. The molecule has 2 N–H and O–H groups in total. The van der Waals surface area contributed by atoms with Gasteiger partial charge in [0.05, 0.1) is 35.9 Å². The molecule has 1 aliphatic heterocycles. The quantitative estimate of drug-likeness (QED) is 0.862. The normalized spacial score (nSPS) is 20.8. The van der Waals surface area contributed by atoms with Gasteiger partial charge in [0.2, 0.25) is 5.91 Å². The minimum absolute atomic E-state index is 0.0537. The van der Waals surface area contributed by atoms with Crippen molar-refractivity contribution < 1.29 is 9.59 Å². The summed E-state index contributed by atoms with van der Waals surface area (Å²) in [6.45, 7) is 0.